The summed E-state index contributed by atoms with van der Waals surface area (Å²) in [5.74, 6) is -1.80. The largest absolute Gasteiger partial charge is 0.478 e. The Morgan fingerprint density at radius 2 is 1.86 bits per heavy atom. The maximum absolute atomic E-state index is 12.9. The number of nitrogens with one attached hydrogen (secondary N) is 1. The number of aliphatic hydroxyl groups is 1. The smallest absolute Gasteiger partial charge is 0.348 e. The summed E-state index contributed by atoms with van der Waals surface area (Å²) in [5, 5.41) is 24.0. The number of rotatable bonds is 15. The molecule has 0 aliphatic heterocycles. The van der Waals surface area contributed by atoms with Crippen LogP contribution in [0.3, 0.4) is 0 Å². The number of carbonyl (C=O) groups excluding carboxylic acids is 1. The second-order valence-corrected chi connectivity index (χ2v) is 8.67. The van der Waals surface area contributed by atoms with E-state index in [1.165, 1.54) is 6.92 Å². The molecule has 3 atom stereocenters. The van der Waals surface area contributed by atoms with E-state index in [4.69, 9.17) is 10.6 Å². The zero-order chi connectivity index (χ0) is 22.0. The van der Waals surface area contributed by atoms with Crippen molar-refractivity contribution >= 4 is 24.5 Å². The first-order valence-corrected chi connectivity index (χ1v) is 10.5. The molecule has 0 aromatic heterocycles. The Bertz CT molecular complexity index is 490. The van der Waals surface area contributed by atoms with Crippen molar-refractivity contribution in [3.8, 4) is 0 Å². The van der Waals surface area contributed by atoms with Gasteiger partial charge in [0.25, 0.3) is 0 Å². The zero-order valence-corrected chi connectivity index (χ0v) is 18.8. The highest BCUT2D eigenvalue weighted by Gasteiger charge is 2.60. The van der Waals surface area contributed by atoms with Crippen LogP contribution in [0.25, 0.3) is 0 Å². The molecule has 0 aliphatic rings. The van der Waals surface area contributed by atoms with Gasteiger partial charge in [-0.05, 0) is 38.6 Å². The predicted octanol–water partition coefficient (Wildman–Crippen LogP) is 2.12. The lowest BCUT2D eigenvalue weighted by molar-refractivity contribution is -0.238. The highest BCUT2D eigenvalue weighted by Crippen LogP contribution is 2.34. The van der Waals surface area contributed by atoms with Crippen LogP contribution in [0.4, 0.5) is 0 Å². The number of nitrogens with two attached hydrogens (primary N) is 1. The fraction of sp³-hybridized carbons (Fsp3) is 0.895. The molecule has 0 heterocycles. The third kappa shape index (κ3) is 7.18. The molecule has 0 rings (SSSR count). The number of thiol groups is 1. The average Bonchev–Trinajstić information content (AvgIpc) is 2.63. The van der Waals surface area contributed by atoms with Crippen LogP contribution in [-0.4, -0.2) is 56.9 Å². The lowest BCUT2D eigenvalue weighted by Gasteiger charge is -2.47. The predicted molar refractivity (Wildman–Crippen MR) is 113 cm³/mol. The minimum Gasteiger partial charge on any atom is -0.478 e. The van der Waals surface area contributed by atoms with Gasteiger partial charge in [-0.15, -0.1) is 0 Å². The van der Waals surface area contributed by atoms with Gasteiger partial charge >= 0.3 is 5.97 Å². The van der Waals surface area contributed by atoms with E-state index in [0.717, 1.165) is 24.3 Å². The lowest BCUT2D eigenvalue weighted by Crippen LogP contribution is -2.77. The molecule has 0 radical (unpaired) electrons. The molecule has 9 heteroatoms. The van der Waals surface area contributed by atoms with Gasteiger partial charge in [0.15, 0.2) is 0 Å². The van der Waals surface area contributed by atoms with Gasteiger partial charge in [-0.2, -0.15) is 17.7 Å². The molecule has 0 aromatic carbocycles. The van der Waals surface area contributed by atoms with Gasteiger partial charge in [-0.3, -0.25) is 20.7 Å². The van der Waals surface area contributed by atoms with E-state index in [-0.39, 0.29) is 18.9 Å². The molecule has 0 fully saturated rings. The van der Waals surface area contributed by atoms with Crippen molar-refractivity contribution in [2.24, 2.45) is 11.7 Å². The zero-order valence-electron chi connectivity index (χ0n) is 17.9. The average molecular weight is 422 g/mol. The number of carboxylic acids is 1. The van der Waals surface area contributed by atoms with Gasteiger partial charge in [0, 0.05) is 6.42 Å². The number of hydrogen-bond donors (Lipinski definition) is 5. The second-order valence-electron chi connectivity index (χ2n) is 7.74. The molecule has 166 valence electrons. The van der Waals surface area contributed by atoms with Gasteiger partial charge in [-0.1, -0.05) is 40.5 Å². The summed E-state index contributed by atoms with van der Waals surface area (Å²) in [6.45, 7) is 9.83. The van der Waals surface area contributed by atoms with Crippen LogP contribution in [-0.2, 0) is 14.4 Å². The molecular weight excluding hydrogens is 382 g/mol. The fourth-order valence-electron chi connectivity index (χ4n) is 2.59. The summed E-state index contributed by atoms with van der Waals surface area (Å²) in [6.07, 6.45) is 2.45. The van der Waals surface area contributed by atoms with Crippen molar-refractivity contribution in [3.63, 3.8) is 0 Å². The number of carboxylic acid groups (broad SMARTS) is 1. The topological polar surface area (TPSA) is 125 Å². The molecule has 0 bridgehead atoms. The number of nitrogens with zero attached hydrogens (tertiary/aromatic N) is 1. The lowest BCUT2D eigenvalue weighted by atomic mass is 9.90. The number of amides is 1. The quantitative estimate of drug-likeness (QED) is 0.119. The van der Waals surface area contributed by atoms with Gasteiger partial charge in [-0.25, -0.2) is 4.79 Å². The monoisotopic (exact) mass is 421 g/mol. The van der Waals surface area contributed by atoms with Crippen molar-refractivity contribution in [3.05, 3.63) is 0 Å². The van der Waals surface area contributed by atoms with E-state index in [1.54, 1.807) is 0 Å². The normalized spacial score (nSPS) is 17.0. The Balaban J connectivity index is 5.83. The molecule has 0 spiro atoms. The third-order valence-corrected chi connectivity index (χ3v) is 5.25. The molecule has 0 saturated carbocycles. The maximum atomic E-state index is 12.9. The van der Waals surface area contributed by atoms with Crippen LogP contribution >= 0.6 is 12.6 Å². The Labute approximate surface area is 174 Å². The van der Waals surface area contributed by atoms with E-state index in [2.05, 4.69) is 17.9 Å². The highest BCUT2D eigenvalue weighted by molar-refractivity contribution is 7.82. The van der Waals surface area contributed by atoms with Gasteiger partial charge < -0.3 is 10.2 Å². The van der Waals surface area contributed by atoms with E-state index in [0.29, 0.717) is 19.4 Å². The molecule has 0 aromatic rings. The Morgan fingerprint density at radius 1 is 1.25 bits per heavy atom. The summed E-state index contributed by atoms with van der Waals surface area (Å²) >= 11 is 4.39. The van der Waals surface area contributed by atoms with Crippen LogP contribution in [0.2, 0.25) is 0 Å². The highest BCUT2D eigenvalue weighted by atomic mass is 32.1. The Kier molecular flexibility index (Phi) is 12.2. The number of hydroxylamine groups is 2. The van der Waals surface area contributed by atoms with Crippen LogP contribution < -0.4 is 11.1 Å². The molecule has 0 aliphatic carbocycles. The Morgan fingerprint density at radius 3 is 2.32 bits per heavy atom. The summed E-state index contributed by atoms with van der Waals surface area (Å²) in [4.78, 5) is 30.7. The summed E-state index contributed by atoms with van der Waals surface area (Å²) < 4.78 is -1.73. The number of aliphatic carboxylic acids is 1. The van der Waals surface area contributed by atoms with Crippen molar-refractivity contribution in [1.29, 1.82) is 0 Å². The minimum absolute atomic E-state index is 0.0833. The van der Waals surface area contributed by atoms with Crippen molar-refractivity contribution in [2.45, 2.75) is 89.8 Å². The standard InChI is InChI=1S/C19H39N3O5S/c1-6-8-9-13-27-22(15(23)11-10-14(3)4)19(20,17(25)26)18(5,28)16(24)21-12-7-2/h14,16,21,24,28H,6-13,20H2,1-5H3,(H,25,26)/t16?,18-,19-/m1/s1. The van der Waals surface area contributed by atoms with E-state index in [9.17, 15) is 19.8 Å². The molecule has 28 heavy (non-hydrogen) atoms. The summed E-state index contributed by atoms with van der Waals surface area (Å²) in [5.41, 5.74) is 3.88. The molecule has 1 unspecified atom stereocenters. The van der Waals surface area contributed by atoms with Gasteiger partial charge in [0.05, 0.1) is 11.4 Å². The van der Waals surface area contributed by atoms with Crippen molar-refractivity contribution < 1.29 is 24.6 Å². The Hall–Kier alpha value is -0.870. The number of unbranched alkanes of at least 4 members (excludes halogenated alkanes) is 2. The van der Waals surface area contributed by atoms with Crippen molar-refractivity contribution in [2.75, 3.05) is 13.2 Å². The first-order valence-electron chi connectivity index (χ1n) is 10.1. The third-order valence-electron chi connectivity index (χ3n) is 4.67. The number of aliphatic hydroxyl groups excluding tert-OH is 1. The van der Waals surface area contributed by atoms with E-state index < -0.39 is 28.5 Å². The first kappa shape index (κ1) is 27.1. The summed E-state index contributed by atoms with van der Waals surface area (Å²) in [6, 6.07) is 0. The number of carbonyl (C=O) groups is 2. The summed E-state index contributed by atoms with van der Waals surface area (Å²) in [7, 11) is 0. The molecule has 1 amide bonds. The maximum Gasteiger partial charge on any atom is 0.348 e. The van der Waals surface area contributed by atoms with Crippen LogP contribution in [0.5, 0.6) is 0 Å². The van der Waals surface area contributed by atoms with Crippen LogP contribution in [0, 0.1) is 5.92 Å². The number of hydrogen-bond acceptors (Lipinski definition) is 7. The fourth-order valence-corrected chi connectivity index (χ4v) is 2.87. The molecule has 8 nitrogen and oxygen atoms in total. The minimum atomic E-state index is -2.38. The van der Waals surface area contributed by atoms with Gasteiger partial charge in [0.1, 0.15) is 6.23 Å². The SMILES string of the molecule is CCCCCON(C(=O)CCC(C)C)[C@](N)(C(=O)O)[C@](C)(S)C(O)NCCC. The van der Waals surface area contributed by atoms with E-state index >= 15 is 0 Å². The molecular formula is C19H39N3O5S. The van der Waals surface area contributed by atoms with Gasteiger partial charge in [0.2, 0.25) is 11.6 Å². The molecule has 0 saturated heterocycles. The van der Waals surface area contributed by atoms with Crippen molar-refractivity contribution in [1.82, 2.24) is 10.4 Å². The second kappa shape index (κ2) is 12.6. The van der Waals surface area contributed by atoms with Crippen LogP contribution in [0.15, 0.2) is 0 Å². The first-order chi connectivity index (χ1) is 13.0. The van der Waals surface area contributed by atoms with E-state index in [1.807, 2.05) is 27.7 Å². The van der Waals surface area contributed by atoms with Crippen LogP contribution in [0.1, 0.15) is 73.1 Å². The molecule has 5 N–H and O–H groups in total.